The number of hydrogen-bond acceptors (Lipinski definition) is 5. The van der Waals surface area contributed by atoms with E-state index in [2.05, 4.69) is 25.7 Å². The van der Waals surface area contributed by atoms with E-state index in [-0.39, 0.29) is 29.8 Å². The standard InChI is InChI=1S/C24H28N4O5/c1-4-6-12-21(30)25-18-14-13-17(22(31)16-10-8-7-9-11-16)15-19(18)26-23(27-20(29)5-2)28-24(32)33-3/h7-11,13-15H,4-6,12H2,1-3H3,(H,25,30)(H2,26,27,28,29,32). The van der Waals surface area contributed by atoms with Crippen molar-refractivity contribution in [1.82, 2.24) is 5.32 Å². The van der Waals surface area contributed by atoms with Crippen LogP contribution in [0.5, 0.6) is 0 Å². The Labute approximate surface area is 192 Å². The molecule has 0 aliphatic carbocycles. The van der Waals surface area contributed by atoms with Crippen LogP contribution >= 0.6 is 0 Å². The van der Waals surface area contributed by atoms with Crippen LogP contribution in [0.3, 0.4) is 0 Å². The van der Waals surface area contributed by atoms with Crippen molar-refractivity contribution in [3.8, 4) is 0 Å². The van der Waals surface area contributed by atoms with Crippen molar-refractivity contribution in [2.24, 2.45) is 4.99 Å². The summed E-state index contributed by atoms with van der Waals surface area (Å²) in [6, 6.07) is 13.4. The van der Waals surface area contributed by atoms with Crippen molar-refractivity contribution in [2.45, 2.75) is 39.5 Å². The molecule has 174 valence electrons. The first-order chi connectivity index (χ1) is 15.9. The van der Waals surface area contributed by atoms with Gasteiger partial charge in [-0.15, -0.1) is 0 Å². The lowest BCUT2D eigenvalue weighted by molar-refractivity contribution is -0.117. The summed E-state index contributed by atoms with van der Waals surface area (Å²) in [5.41, 5.74) is 1.48. The van der Waals surface area contributed by atoms with E-state index in [4.69, 9.17) is 0 Å². The number of guanidine groups is 1. The van der Waals surface area contributed by atoms with Crippen LogP contribution in [-0.4, -0.2) is 36.8 Å². The first-order valence-corrected chi connectivity index (χ1v) is 10.6. The van der Waals surface area contributed by atoms with E-state index < -0.39 is 12.0 Å². The molecule has 0 heterocycles. The first-order valence-electron chi connectivity index (χ1n) is 10.6. The molecule has 0 bridgehead atoms. The highest BCUT2D eigenvalue weighted by atomic mass is 16.5. The van der Waals surface area contributed by atoms with Gasteiger partial charge in [-0.2, -0.15) is 4.99 Å². The van der Waals surface area contributed by atoms with Crippen LogP contribution in [0.4, 0.5) is 16.2 Å². The molecule has 0 unspecified atom stereocenters. The number of amides is 3. The maximum atomic E-state index is 12.9. The molecule has 0 saturated carbocycles. The van der Waals surface area contributed by atoms with Gasteiger partial charge in [0.15, 0.2) is 5.78 Å². The molecule has 0 spiro atoms. The van der Waals surface area contributed by atoms with Gasteiger partial charge in [-0.1, -0.05) is 50.6 Å². The number of methoxy groups -OCH3 is 1. The number of alkyl carbamates (subject to hydrolysis) is 1. The quantitative estimate of drug-likeness (QED) is 0.314. The van der Waals surface area contributed by atoms with Gasteiger partial charge in [0.05, 0.1) is 18.5 Å². The number of anilines is 2. The van der Waals surface area contributed by atoms with Crippen LogP contribution in [0.25, 0.3) is 0 Å². The molecule has 0 aliphatic heterocycles. The van der Waals surface area contributed by atoms with Gasteiger partial charge in [0.25, 0.3) is 0 Å². The molecule has 2 aromatic rings. The molecule has 0 radical (unpaired) electrons. The number of nitrogens with zero attached hydrogens (tertiary/aromatic N) is 1. The van der Waals surface area contributed by atoms with Gasteiger partial charge in [-0.3, -0.25) is 19.7 Å². The molecule has 3 N–H and O–H groups in total. The topological polar surface area (TPSA) is 126 Å². The van der Waals surface area contributed by atoms with Gasteiger partial charge in [0, 0.05) is 24.0 Å². The third-order valence-corrected chi connectivity index (χ3v) is 4.55. The zero-order chi connectivity index (χ0) is 24.2. The zero-order valence-electron chi connectivity index (χ0n) is 18.9. The molecule has 2 aromatic carbocycles. The highest BCUT2D eigenvalue weighted by Crippen LogP contribution is 2.25. The highest BCUT2D eigenvalue weighted by molar-refractivity contribution is 6.12. The van der Waals surface area contributed by atoms with Gasteiger partial charge in [-0.05, 0) is 24.6 Å². The first kappa shape index (κ1) is 25.3. The SMILES string of the molecule is CCCCC(=O)Nc1ccc(C(=O)c2ccccc2)cc1NC(=NC(=O)CC)NC(=O)OC. The number of carbonyl (C=O) groups excluding carboxylic acids is 4. The number of benzene rings is 2. The Morgan fingerprint density at radius 2 is 1.64 bits per heavy atom. The van der Waals surface area contributed by atoms with Crippen LogP contribution in [-0.2, 0) is 14.3 Å². The second-order valence-corrected chi connectivity index (χ2v) is 7.06. The normalized spacial score (nSPS) is 10.8. The smallest absolute Gasteiger partial charge is 0.413 e. The number of ketones is 1. The van der Waals surface area contributed by atoms with E-state index in [1.807, 2.05) is 13.0 Å². The van der Waals surface area contributed by atoms with E-state index in [1.54, 1.807) is 43.3 Å². The molecule has 9 heteroatoms. The van der Waals surface area contributed by atoms with E-state index >= 15 is 0 Å². The van der Waals surface area contributed by atoms with E-state index in [0.29, 0.717) is 23.2 Å². The minimum absolute atomic E-state index is 0.112. The average molecular weight is 453 g/mol. The predicted molar refractivity (Wildman–Crippen MR) is 126 cm³/mol. The molecule has 0 aromatic heterocycles. The zero-order valence-corrected chi connectivity index (χ0v) is 18.9. The maximum Gasteiger partial charge on any atom is 0.413 e. The summed E-state index contributed by atoms with van der Waals surface area (Å²) in [7, 11) is 1.17. The number of ether oxygens (including phenoxy) is 1. The van der Waals surface area contributed by atoms with Gasteiger partial charge >= 0.3 is 6.09 Å². The number of aliphatic imine (C=N–C) groups is 1. The monoisotopic (exact) mass is 452 g/mol. The summed E-state index contributed by atoms with van der Waals surface area (Å²) < 4.78 is 4.59. The molecule has 9 nitrogen and oxygen atoms in total. The number of hydrogen-bond donors (Lipinski definition) is 3. The van der Waals surface area contributed by atoms with Crippen LogP contribution in [0.15, 0.2) is 53.5 Å². The summed E-state index contributed by atoms with van der Waals surface area (Å²) in [6.45, 7) is 3.61. The van der Waals surface area contributed by atoms with Crippen molar-refractivity contribution in [3.05, 3.63) is 59.7 Å². The van der Waals surface area contributed by atoms with Crippen LogP contribution in [0, 0.1) is 0 Å². The third-order valence-electron chi connectivity index (χ3n) is 4.55. The van der Waals surface area contributed by atoms with Crippen molar-refractivity contribution >= 4 is 41.0 Å². The Bertz CT molecular complexity index is 1030. The van der Waals surface area contributed by atoms with E-state index in [9.17, 15) is 19.2 Å². The Balaban J connectivity index is 2.45. The van der Waals surface area contributed by atoms with Gasteiger partial charge in [-0.25, -0.2) is 4.79 Å². The minimum atomic E-state index is -0.838. The summed E-state index contributed by atoms with van der Waals surface area (Å²) in [5, 5.41) is 7.97. The molecular weight excluding hydrogens is 424 g/mol. The largest absolute Gasteiger partial charge is 0.453 e. The van der Waals surface area contributed by atoms with Gasteiger partial charge in [0.1, 0.15) is 0 Å². The minimum Gasteiger partial charge on any atom is -0.453 e. The molecule has 0 fully saturated rings. The molecule has 3 amide bonds. The Hall–Kier alpha value is -4.01. The van der Waals surface area contributed by atoms with Gasteiger partial charge < -0.3 is 15.4 Å². The number of carbonyl (C=O) groups is 4. The fourth-order valence-electron chi connectivity index (χ4n) is 2.77. The number of rotatable bonds is 8. The Morgan fingerprint density at radius 1 is 0.909 bits per heavy atom. The van der Waals surface area contributed by atoms with E-state index in [0.717, 1.165) is 12.8 Å². The van der Waals surface area contributed by atoms with Crippen molar-refractivity contribution in [1.29, 1.82) is 0 Å². The van der Waals surface area contributed by atoms with E-state index in [1.165, 1.54) is 13.2 Å². The summed E-state index contributed by atoms with van der Waals surface area (Å²) in [6.07, 6.45) is 1.19. The maximum absolute atomic E-state index is 12.9. The predicted octanol–water partition coefficient (Wildman–Crippen LogP) is 4.11. The second-order valence-electron chi connectivity index (χ2n) is 7.06. The molecule has 0 aliphatic rings. The lowest BCUT2D eigenvalue weighted by atomic mass is 10.0. The number of nitrogens with one attached hydrogen (secondary N) is 3. The van der Waals surface area contributed by atoms with Crippen LogP contribution in [0.2, 0.25) is 0 Å². The fourth-order valence-corrected chi connectivity index (χ4v) is 2.77. The third kappa shape index (κ3) is 7.88. The van der Waals surface area contributed by atoms with Crippen LogP contribution < -0.4 is 16.0 Å². The lowest BCUT2D eigenvalue weighted by Crippen LogP contribution is -2.36. The summed E-state index contributed by atoms with van der Waals surface area (Å²) in [5.74, 6) is -1.11. The molecular formula is C24H28N4O5. The average Bonchev–Trinajstić information content (AvgIpc) is 2.83. The Morgan fingerprint density at radius 3 is 2.27 bits per heavy atom. The van der Waals surface area contributed by atoms with Crippen molar-refractivity contribution in [3.63, 3.8) is 0 Å². The van der Waals surface area contributed by atoms with Crippen molar-refractivity contribution < 1.29 is 23.9 Å². The van der Waals surface area contributed by atoms with Gasteiger partial charge in [0.2, 0.25) is 17.8 Å². The molecule has 0 saturated heterocycles. The second kappa shape index (κ2) is 12.7. The number of unbranched alkanes of at least 4 members (excludes halogenated alkanes) is 1. The fraction of sp³-hybridized carbons (Fsp3) is 0.292. The van der Waals surface area contributed by atoms with Crippen LogP contribution in [0.1, 0.15) is 55.5 Å². The van der Waals surface area contributed by atoms with Crippen molar-refractivity contribution in [2.75, 3.05) is 17.7 Å². The molecule has 33 heavy (non-hydrogen) atoms. The summed E-state index contributed by atoms with van der Waals surface area (Å²) in [4.78, 5) is 52.7. The highest BCUT2D eigenvalue weighted by Gasteiger charge is 2.16. The Kier molecular flexibility index (Phi) is 9.76. The molecule has 2 rings (SSSR count). The summed E-state index contributed by atoms with van der Waals surface area (Å²) >= 11 is 0. The molecule has 0 atom stereocenters. The lowest BCUT2D eigenvalue weighted by Gasteiger charge is -2.16.